The Bertz CT molecular complexity index is 476. The number of rotatable bonds is 6. The summed E-state index contributed by atoms with van der Waals surface area (Å²) in [5.74, 6) is 1.29. The summed E-state index contributed by atoms with van der Waals surface area (Å²) >= 11 is 0. The van der Waals surface area contributed by atoms with Crippen LogP contribution in [0.1, 0.15) is 37.6 Å². The summed E-state index contributed by atoms with van der Waals surface area (Å²) in [5, 5.41) is 12.8. The SMILES string of the molecule is CC(CCc1ccc(O)cc1)N[C@H](C)c1ccco1. The molecule has 2 atom stereocenters. The van der Waals surface area contributed by atoms with Crippen LogP contribution in [0.4, 0.5) is 0 Å². The third-order valence-electron chi connectivity index (χ3n) is 3.31. The van der Waals surface area contributed by atoms with Gasteiger partial charge in [-0.2, -0.15) is 0 Å². The molecule has 0 aliphatic heterocycles. The van der Waals surface area contributed by atoms with E-state index in [1.807, 2.05) is 24.3 Å². The van der Waals surface area contributed by atoms with Crippen molar-refractivity contribution in [3.8, 4) is 5.75 Å². The van der Waals surface area contributed by atoms with E-state index in [4.69, 9.17) is 4.42 Å². The van der Waals surface area contributed by atoms with E-state index in [0.29, 0.717) is 11.8 Å². The van der Waals surface area contributed by atoms with Crippen LogP contribution in [0.25, 0.3) is 0 Å². The van der Waals surface area contributed by atoms with Gasteiger partial charge in [0.2, 0.25) is 0 Å². The lowest BCUT2D eigenvalue weighted by molar-refractivity contribution is 0.388. The lowest BCUT2D eigenvalue weighted by Gasteiger charge is -2.18. The highest BCUT2D eigenvalue weighted by Crippen LogP contribution is 2.15. The lowest BCUT2D eigenvalue weighted by Crippen LogP contribution is -2.29. The molecule has 2 N–H and O–H groups in total. The molecule has 0 radical (unpaired) electrons. The van der Waals surface area contributed by atoms with Crippen LogP contribution in [0.15, 0.2) is 47.1 Å². The summed E-state index contributed by atoms with van der Waals surface area (Å²) in [6.07, 6.45) is 3.75. The molecular weight excluding hydrogens is 238 g/mol. The fraction of sp³-hybridized carbons (Fsp3) is 0.375. The van der Waals surface area contributed by atoms with Crippen molar-refractivity contribution in [2.24, 2.45) is 0 Å². The van der Waals surface area contributed by atoms with Gasteiger partial charge in [-0.25, -0.2) is 0 Å². The average Bonchev–Trinajstić information content (AvgIpc) is 2.92. The van der Waals surface area contributed by atoms with E-state index in [1.54, 1.807) is 18.4 Å². The Morgan fingerprint density at radius 1 is 1.16 bits per heavy atom. The first kappa shape index (κ1) is 13.7. The normalized spacial score (nSPS) is 14.2. The summed E-state index contributed by atoms with van der Waals surface area (Å²) in [5.41, 5.74) is 1.25. The molecule has 3 nitrogen and oxygen atoms in total. The van der Waals surface area contributed by atoms with Crippen LogP contribution in [0, 0.1) is 0 Å². The quantitative estimate of drug-likeness (QED) is 0.832. The molecule has 1 unspecified atom stereocenters. The number of aromatic hydroxyl groups is 1. The molecule has 0 aliphatic rings. The zero-order valence-corrected chi connectivity index (χ0v) is 11.5. The monoisotopic (exact) mass is 259 g/mol. The summed E-state index contributed by atoms with van der Waals surface area (Å²) < 4.78 is 5.38. The van der Waals surface area contributed by atoms with E-state index >= 15 is 0 Å². The maximum Gasteiger partial charge on any atom is 0.120 e. The second kappa shape index (κ2) is 6.43. The molecule has 0 saturated heterocycles. The summed E-state index contributed by atoms with van der Waals surface area (Å²) in [6, 6.07) is 12.0. The average molecular weight is 259 g/mol. The second-order valence-electron chi connectivity index (χ2n) is 5.01. The van der Waals surface area contributed by atoms with Gasteiger partial charge in [-0.05, 0) is 56.5 Å². The van der Waals surface area contributed by atoms with Gasteiger partial charge in [0.05, 0.1) is 12.3 Å². The van der Waals surface area contributed by atoms with Gasteiger partial charge in [-0.1, -0.05) is 12.1 Å². The Kier molecular flexibility index (Phi) is 4.63. The van der Waals surface area contributed by atoms with Gasteiger partial charge < -0.3 is 14.8 Å². The van der Waals surface area contributed by atoms with Crippen LogP contribution in [0.5, 0.6) is 5.75 Å². The molecule has 0 amide bonds. The Labute approximate surface area is 114 Å². The van der Waals surface area contributed by atoms with E-state index in [9.17, 15) is 5.11 Å². The van der Waals surface area contributed by atoms with Crippen LogP contribution in [0.3, 0.4) is 0 Å². The molecule has 0 aliphatic carbocycles. The predicted octanol–water partition coefficient (Wildman–Crippen LogP) is 3.66. The molecule has 2 aromatic rings. The number of benzene rings is 1. The first-order chi connectivity index (χ1) is 9.15. The lowest BCUT2D eigenvalue weighted by atomic mass is 10.1. The molecule has 1 aromatic heterocycles. The number of nitrogens with one attached hydrogen (secondary N) is 1. The fourth-order valence-electron chi connectivity index (χ4n) is 2.18. The molecule has 1 aromatic carbocycles. The van der Waals surface area contributed by atoms with Crippen molar-refractivity contribution in [1.82, 2.24) is 5.32 Å². The van der Waals surface area contributed by atoms with Crippen LogP contribution in [-0.2, 0) is 6.42 Å². The Hall–Kier alpha value is -1.74. The van der Waals surface area contributed by atoms with Crippen LogP contribution in [0.2, 0.25) is 0 Å². The predicted molar refractivity (Wildman–Crippen MR) is 76.1 cm³/mol. The van der Waals surface area contributed by atoms with E-state index < -0.39 is 0 Å². The minimum Gasteiger partial charge on any atom is -0.508 e. The third-order valence-corrected chi connectivity index (χ3v) is 3.31. The topological polar surface area (TPSA) is 45.4 Å². The van der Waals surface area contributed by atoms with Crippen molar-refractivity contribution in [3.05, 3.63) is 54.0 Å². The van der Waals surface area contributed by atoms with E-state index in [0.717, 1.165) is 18.6 Å². The van der Waals surface area contributed by atoms with E-state index in [-0.39, 0.29) is 6.04 Å². The Balaban J connectivity index is 1.78. The zero-order chi connectivity index (χ0) is 13.7. The van der Waals surface area contributed by atoms with Crippen molar-refractivity contribution in [1.29, 1.82) is 0 Å². The van der Waals surface area contributed by atoms with Crippen molar-refractivity contribution < 1.29 is 9.52 Å². The Morgan fingerprint density at radius 2 is 1.89 bits per heavy atom. The maximum absolute atomic E-state index is 9.24. The summed E-state index contributed by atoms with van der Waals surface area (Å²) in [7, 11) is 0. The maximum atomic E-state index is 9.24. The summed E-state index contributed by atoms with van der Waals surface area (Å²) in [6.45, 7) is 4.29. The fourth-order valence-corrected chi connectivity index (χ4v) is 2.18. The molecule has 3 heteroatoms. The highest BCUT2D eigenvalue weighted by molar-refractivity contribution is 5.25. The number of hydrogen-bond donors (Lipinski definition) is 2. The number of phenolic OH excluding ortho intramolecular Hbond substituents is 1. The van der Waals surface area contributed by atoms with Gasteiger partial charge in [0.15, 0.2) is 0 Å². The molecule has 2 rings (SSSR count). The van der Waals surface area contributed by atoms with Crippen LogP contribution in [-0.4, -0.2) is 11.1 Å². The zero-order valence-electron chi connectivity index (χ0n) is 11.5. The molecule has 19 heavy (non-hydrogen) atoms. The van der Waals surface area contributed by atoms with E-state index in [1.165, 1.54) is 5.56 Å². The van der Waals surface area contributed by atoms with E-state index in [2.05, 4.69) is 19.2 Å². The molecule has 102 valence electrons. The Morgan fingerprint density at radius 3 is 2.53 bits per heavy atom. The first-order valence-corrected chi connectivity index (χ1v) is 6.72. The van der Waals surface area contributed by atoms with Gasteiger partial charge >= 0.3 is 0 Å². The largest absolute Gasteiger partial charge is 0.508 e. The molecule has 1 heterocycles. The van der Waals surface area contributed by atoms with Crippen molar-refractivity contribution in [3.63, 3.8) is 0 Å². The first-order valence-electron chi connectivity index (χ1n) is 6.72. The molecular formula is C16H21NO2. The highest BCUT2D eigenvalue weighted by Gasteiger charge is 2.11. The van der Waals surface area contributed by atoms with Crippen LogP contribution >= 0.6 is 0 Å². The van der Waals surface area contributed by atoms with Gasteiger partial charge in [-0.3, -0.25) is 0 Å². The standard InChI is InChI=1S/C16H21NO2/c1-12(17-13(2)16-4-3-11-19-16)5-6-14-7-9-15(18)10-8-14/h3-4,7-13,17-18H,5-6H2,1-2H3/t12?,13-/m1/s1. The van der Waals surface area contributed by atoms with Crippen molar-refractivity contribution in [2.75, 3.05) is 0 Å². The van der Waals surface area contributed by atoms with Gasteiger partial charge in [0.25, 0.3) is 0 Å². The smallest absolute Gasteiger partial charge is 0.120 e. The third kappa shape index (κ3) is 4.14. The van der Waals surface area contributed by atoms with Gasteiger partial charge in [0.1, 0.15) is 11.5 Å². The van der Waals surface area contributed by atoms with Gasteiger partial charge in [-0.15, -0.1) is 0 Å². The molecule has 0 bridgehead atoms. The number of hydrogen-bond acceptors (Lipinski definition) is 3. The minimum absolute atomic E-state index is 0.227. The molecule has 0 spiro atoms. The van der Waals surface area contributed by atoms with Crippen molar-refractivity contribution >= 4 is 0 Å². The highest BCUT2D eigenvalue weighted by atomic mass is 16.3. The number of furan rings is 1. The number of aryl methyl sites for hydroxylation is 1. The van der Waals surface area contributed by atoms with Gasteiger partial charge in [0, 0.05) is 6.04 Å². The minimum atomic E-state index is 0.227. The second-order valence-corrected chi connectivity index (χ2v) is 5.01. The molecule has 0 fully saturated rings. The van der Waals surface area contributed by atoms with Crippen molar-refractivity contribution in [2.45, 2.75) is 38.8 Å². The van der Waals surface area contributed by atoms with Crippen LogP contribution < -0.4 is 5.32 Å². The molecule has 0 saturated carbocycles. The summed E-state index contributed by atoms with van der Waals surface area (Å²) in [4.78, 5) is 0. The number of phenols is 1.